The van der Waals surface area contributed by atoms with Gasteiger partial charge in [-0.3, -0.25) is 19.7 Å². The van der Waals surface area contributed by atoms with Crippen LogP contribution in [0, 0.1) is 10.1 Å². The van der Waals surface area contributed by atoms with Crippen LogP contribution in [0.1, 0.15) is 12.8 Å². The Bertz CT molecular complexity index is 503. The number of nitro groups is 1. The third kappa shape index (κ3) is 4.13. The van der Waals surface area contributed by atoms with E-state index in [1.54, 1.807) is 0 Å². The van der Waals surface area contributed by atoms with E-state index in [2.05, 4.69) is 21.2 Å². The number of nitro benzene ring substituents is 1. The topological polar surface area (TPSA) is 110 Å². The van der Waals surface area contributed by atoms with E-state index in [0.717, 1.165) is 0 Å². The van der Waals surface area contributed by atoms with Crippen molar-refractivity contribution in [2.75, 3.05) is 5.32 Å². The molecule has 0 unspecified atom stereocenters. The monoisotopic (exact) mass is 316 g/mol. The molecule has 1 amide bonds. The molecule has 0 atom stereocenters. The van der Waals surface area contributed by atoms with Gasteiger partial charge in [-0.1, -0.05) is 0 Å². The number of aliphatic carboxylic acids is 1. The standard InChI is InChI=1S/C10H9BrN2O5/c11-7-2-1-6(13(17)18)5-8(7)12-9(14)3-4-10(15)16/h1-2,5H,3-4H2,(H,12,14)(H,15,16). The summed E-state index contributed by atoms with van der Waals surface area (Å²) in [4.78, 5) is 31.7. The molecule has 0 fully saturated rings. The van der Waals surface area contributed by atoms with Gasteiger partial charge in [0.1, 0.15) is 0 Å². The lowest BCUT2D eigenvalue weighted by atomic mass is 10.2. The number of hydrogen-bond donors (Lipinski definition) is 2. The lowest BCUT2D eigenvalue weighted by molar-refractivity contribution is -0.384. The van der Waals surface area contributed by atoms with E-state index in [0.29, 0.717) is 4.47 Å². The number of rotatable bonds is 5. The summed E-state index contributed by atoms with van der Waals surface area (Å²) in [5.74, 6) is -1.60. The van der Waals surface area contributed by atoms with E-state index in [1.807, 2.05) is 0 Å². The van der Waals surface area contributed by atoms with E-state index in [-0.39, 0.29) is 24.2 Å². The van der Waals surface area contributed by atoms with E-state index >= 15 is 0 Å². The number of carbonyl (C=O) groups excluding carboxylic acids is 1. The fraction of sp³-hybridized carbons (Fsp3) is 0.200. The second-order valence-electron chi connectivity index (χ2n) is 3.36. The fourth-order valence-corrected chi connectivity index (χ4v) is 1.50. The molecule has 96 valence electrons. The maximum absolute atomic E-state index is 11.4. The van der Waals surface area contributed by atoms with Crippen molar-refractivity contribution in [1.82, 2.24) is 0 Å². The highest BCUT2D eigenvalue weighted by Gasteiger charge is 2.12. The lowest BCUT2D eigenvalue weighted by Gasteiger charge is -2.06. The minimum atomic E-state index is -1.08. The Balaban J connectivity index is 2.77. The Kier molecular flexibility index (Phi) is 4.78. The first kappa shape index (κ1) is 14.1. The van der Waals surface area contributed by atoms with Crippen LogP contribution in [0.4, 0.5) is 11.4 Å². The van der Waals surface area contributed by atoms with Crippen LogP contribution >= 0.6 is 15.9 Å². The van der Waals surface area contributed by atoms with Crippen molar-refractivity contribution in [3.63, 3.8) is 0 Å². The quantitative estimate of drug-likeness (QED) is 0.639. The number of hydrogen-bond acceptors (Lipinski definition) is 4. The first-order chi connectivity index (χ1) is 8.40. The summed E-state index contributed by atoms with van der Waals surface area (Å²) in [6, 6.07) is 3.92. The van der Waals surface area contributed by atoms with Crippen molar-refractivity contribution >= 4 is 39.2 Å². The van der Waals surface area contributed by atoms with Gasteiger partial charge in [0.25, 0.3) is 5.69 Å². The van der Waals surface area contributed by atoms with Gasteiger partial charge in [0.05, 0.1) is 17.0 Å². The van der Waals surface area contributed by atoms with E-state index < -0.39 is 16.8 Å². The van der Waals surface area contributed by atoms with Crippen molar-refractivity contribution < 1.29 is 19.6 Å². The fourth-order valence-electron chi connectivity index (χ4n) is 1.16. The molecular formula is C10H9BrN2O5. The summed E-state index contributed by atoms with van der Waals surface area (Å²) in [7, 11) is 0. The normalized spacial score (nSPS) is 9.83. The Morgan fingerprint density at radius 1 is 1.39 bits per heavy atom. The molecule has 0 aliphatic heterocycles. The molecule has 1 aromatic carbocycles. The summed E-state index contributed by atoms with van der Waals surface area (Å²) >= 11 is 3.13. The van der Waals surface area contributed by atoms with Gasteiger partial charge in [-0.05, 0) is 22.0 Å². The predicted molar refractivity (Wildman–Crippen MR) is 66.3 cm³/mol. The molecule has 2 N–H and O–H groups in total. The summed E-state index contributed by atoms with van der Waals surface area (Å²) in [5.41, 5.74) is 0.0753. The maximum atomic E-state index is 11.4. The average Bonchev–Trinajstić information content (AvgIpc) is 2.29. The zero-order valence-corrected chi connectivity index (χ0v) is 10.6. The molecule has 0 heterocycles. The van der Waals surface area contributed by atoms with Crippen molar-refractivity contribution in [2.45, 2.75) is 12.8 Å². The van der Waals surface area contributed by atoms with Crippen molar-refractivity contribution in [3.05, 3.63) is 32.8 Å². The van der Waals surface area contributed by atoms with Gasteiger partial charge < -0.3 is 10.4 Å². The molecule has 1 rings (SSSR count). The molecule has 0 spiro atoms. The van der Waals surface area contributed by atoms with Gasteiger partial charge in [-0.15, -0.1) is 0 Å². The molecule has 0 radical (unpaired) electrons. The number of halogens is 1. The number of carbonyl (C=O) groups is 2. The molecule has 0 aliphatic rings. The summed E-state index contributed by atoms with van der Waals surface area (Å²) in [6.45, 7) is 0. The van der Waals surface area contributed by atoms with Gasteiger partial charge >= 0.3 is 5.97 Å². The molecule has 0 aromatic heterocycles. The number of benzene rings is 1. The second kappa shape index (κ2) is 6.10. The van der Waals surface area contributed by atoms with Gasteiger partial charge in [0, 0.05) is 23.0 Å². The predicted octanol–water partition coefficient (Wildman–Crippen LogP) is 2.16. The minimum absolute atomic E-state index is 0.160. The van der Waals surface area contributed by atoms with Crippen LogP contribution in [-0.4, -0.2) is 21.9 Å². The highest BCUT2D eigenvalue weighted by atomic mass is 79.9. The van der Waals surface area contributed by atoms with Crippen molar-refractivity contribution in [2.24, 2.45) is 0 Å². The summed E-state index contributed by atoms with van der Waals surface area (Å²) < 4.78 is 0.483. The first-order valence-corrected chi connectivity index (χ1v) is 5.65. The smallest absolute Gasteiger partial charge is 0.303 e. The number of carboxylic acids is 1. The van der Waals surface area contributed by atoms with E-state index in [4.69, 9.17) is 5.11 Å². The Labute approximate surface area is 110 Å². The molecule has 7 nitrogen and oxygen atoms in total. The van der Waals surface area contributed by atoms with Crippen LogP contribution in [0.2, 0.25) is 0 Å². The van der Waals surface area contributed by atoms with Crippen molar-refractivity contribution in [1.29, 1.82) is 0 Å². The van der Waals surface area contributed by atoms with Crippen LogP contribution in [0.25, 0.3) is 0 Å². The molecule has 18 heavy (non-hydrogen) atoms. The lowest BCUT2D eigenvalue weighted by Crippen LogP contribution is -2.13. The molecule has 8 heteroatoms. The van der Waals surface area contributed by atoms with E-state index in [9.17, 15) is 19.7 Å². The van der Waals surface area contributed by atoms with Crippen LogP contribution in [0.5, 0.6) is 0 Å². The van der Waals surface area contributed by atoms with E-state index in [1.165, 1.54) is 18.2 Å². The summed E-state index contributed by atoms with van der Waals surface area (Å²) in [6.07, 6.45) is -0.483. The number of nitrogens with zero attached hydrogens (tertiary/aromatic N) is 1. The third-order valence-corrected chi connectivity index (χ3v) is 2.69. The number of amides is 1. The molecular weight excluding hydrogens is 308 g/mol. The Hall–Kier alpha value is -1.96. The van der Waals surface area contributed by atoms with Crippen molar-refractivity contribution in [3.8, 4) is 0 Å². The van der Waals surface area contributed by atoms with Crippen LogP contribution in [0.15, 0.2) is 22.7 Å². The first-order valence-electron chi connectivity index (χ1n) is 4.85. The number of nitrogens with one attached hydrogen (secondary N) is 1. The Morgan fingerprint density at radius 2 is 2.06 bits per heavy atom. The number of non-ortho nitro benzene ring substituents is 1. The van der Waals surface area contributed by atoms with Crippen LogP contribution < -0.4 is 5.32 Å². The number of carboxylic acid groups (broad SMARTS) is 1. The molecule has 0 aliphatic carbocycles. The highest BCUT2D eigenvalue weighted by Crippen LogP contribution is 2.27. The van der Waals surface area contributed by atoms with Gasteiger partial charge in [-0.2, -0.15) is 0 Å². The van der Waals surface area contributed by atoms with Crippen LogP contribution in [-0.2, 0) is 9.59 Å². The highest BCUT2D eigenvalue weighted by molar-refractivity contribution is 9.10. The molecule has 1 aromatic rings. The van der Waals surface area contributed by atoms with Gasteiger partial charge in [-0.25, -0.2) is 0 Å². The molecule has 0 saturated carbocycles. The SMILES string of the molecule is O=C(O)CCC(=O)Nc1cc([N+](=O)[O-])ccc1Br. The largest absolute Gasteiger partial charge is 0.481 e. The minimum Gasteiger partial charge on any atom is -0.481 e. The maximum Gasteiger partial charge on any atom is 0.303 e. The molecule has 0 bridgehead atoms. The average molecular weight is 317 g/mol. The Morgan fingerprint density at radius 3 is 2.61 bits per heavy atom. The van der Waals surface area contributed by atoms with Crippen LogP contribution in [0.3, 0.4) is 0 Å². The van der Waals surface area contributed by atoms with Gasteiger partial charge in [0.2, 0.25) is 5.91 Å². The second-order valence-corrected chi connectivity index (χ2v) is 4.22. The summed E-state index contributed by atoms with van der Waals surface area (Å²) in [5, 5.41) is 21.4. The third-order valence-electron chi connectivity index (χ3n) is 2.00. The number of anilines is 1. The zero-order chi connectivity index (χ0) is 13.7. The van der Waals surface area contributed by atoms with Gasteiger partial charge in [0.15, 0.2) is 0 Å². The molecule has 0 saturated heterocycles. The zero-order valence-electron chi connectivity index (χ0n) is 9.05.